The Morgan fingerprint density at radius 2 is 2.04 bits per heavy atom. The standard InChI is InChI=1S/C17H24N4O2/c1-10(2)21-16-12(9-18-21)8-15(11(3)19-16)17(23)20-13-4-6-14(22)7-5-13/h8-10,13-14,22H,4-7H2,1-3H3,(H,20,23). The fourth-order valence-electron chi connectivity index (χ4n) is 3.16. The van der Waals surface area contributed by atoms with Crippen LogP contribution >= 0.6 is 0 Å². The molecule has 1 fully saturated rings. The van der Waals surface area contributed by atoms with Crippen molar-refractivity contribution in [3.05, 3.63) is 23.5 Å². The van der Waals surface area contributed by atoms with Crippen LogP contribution < -0.4 is 5.32 Å². The van der Waals surface area contributed by atoms with Crippen LogP contribution in [0, 0.1) is 6.92 Å². The van der Waals surface area contributed by atoms with Gasteiger partial charge in [-0.3, -0.25) is 4.79 Å². The number of aromatic nitrogens is 3. The summed E-state index contributed by atoms with van der Waals surface area (Å²) in [6, 6.07) is 2.24. The van der Waals surface area contributed by atoms with Crippen molar-refractivity contribution in [3.63, 3.8) is 0 Å². The van der Waals surface area contributed by atoms with E-state index >= 15 is 0 Å². The number of carbonyl (C=O) groups is 1. The Hall–Kier alpha value is -1.95. The maximum absolute atomic E-state index is 12.6. The van der Waals surface area contributed by atoms with E-state index in [1.807, 2.05) is 17.7 Å². The first-order valence-corrected chi connectivity index (χ1v) is 8.29. The molecule has 3 rings (SSSR count). The molecule has 2 aromatic rings. The molecule has 0 spiro atoms. The van der Waals surface area contributed by atoms with Gasteiger partial charge in [0.2, 0.25) is 0 Å². The second-order valence-corrected chi connectivity index (χ2v) is 6.70. The Balaban J connectivity index is 1.82. The van der Waals surface area contributed by atoms with Crippen LogP contribution in [-0.4, -0.2) is 37.9 Å². The molecule has 6 nitrogen and oxygen atoms in total. The van der Waals surface area contributed by atoms with Crippen molar-refractivity contribution in [2.45, 2.75) is 64.6 Å². The molecule has 1 saturated carbocycles. The lowest BCUT2D eigenvalue weighted by molar-refractivity contribution is 0.0867. The quantitative estimate of drug-likeness (QED) is 0.911. The summed E-state index contributed by atoms with van der Waals surface area (Å²) in [4.78, 5) is 17.1. The summed E-state index contributed by atoms with van der Waals surface area (Å²) in [6.07, 6.45) is 4.70. The van der Waals surface area contributed by atoms with E-state index in [-0.39, 0.29) is 24.1 Å². The predicted molar refractivity (Wildman–Crippen MR) is 88.4 cm³/mol. The Morgan fingerprint density at radius 1 is 1.35 bits per heavy atom. The summed E-state index contributed by atoms with van der Waals surface area (Å²) in [6.45, 7) is 5.97. The molecule has 0 atom stereocenters. The number of aliphatic hydroxyl groups is 1. The number of aryl methyl sites for hydroxylation is 1. The van der Waals surface area contributed by atoms with E-state index in [9.17, 15) is 9.90 Å². The van der Waals surface area contributed by atoms with E-state index in [1.165, 1.54) is 0 Å². The van der Waals surface area contributed by atoms with Gasteiger partial charge >= 0.3 is 0 Å². The second kappa shape index (κ2) is 6.28. The van der Waals surface area contributed by atoms with Crippen LogP contribution in [-0.2, 0) is 0 Å². The van der Waals surface area contributed by atoms with Gasteiger partial charge in [-0.1, -0.05) is 0 Å². The number of carbonyl (C=O) groups excluding carboxylic acids is 1. The van der Waals surface area contributed by atoms with Crippen LogP contribution in [0.1, 0.15) is 61.6 Å². The van der Waals surface area contributed by atoms with Gasteiger partial charge in [-0.05, 0) is 52.5 Å². The number of nitrogens with zero attached hydrogens (tertiary/aromatic N) is 3. The van der Waals surface area contributed by atoms with Gasteiger partial charge in [0.15, 0.2) is 5.65 Å². The number of hydrogen-bond donors (Lipinski definition) is 2. The molecule has 0 aliphatic heterocycles. The van der Waals surface area contributed by atoms with Crippen LogP contribution in [0.15, 0.2) is 12.3 Å². The lowest BCUT2D eigenvalue weighted by Crippen LogP contribution is -2.38. The number of amides is 1. The molecule has 0 bridgehead atoms. The normalized spacial score (nSPS) is 21.8. The van der Waals surface area contributed by atoms with E-state index < -0.39 is 0 Å². The van der Waals surface area contributed by atoms with Crippen LogP contribution in [0.5, 0.6) is 0 Å². The topological polar surface area (TPSA) is 80.0 Å². The van der Waals surface area contributed by atoms with Crippen LogP contribution in [0.25, 0.3) is 11.0 Å². The second-order valence-electron chi connectivity index (χ2n) is 6.70. The lowest BCUT2D eigenvalue weighted by Gasteiger charge is -2.26. The monoisotopic (exact) mass is 316 g/mol. The molecule has 2 heterocycles. The number of pyridine rings is 1. The third-order valence-electron chi connectivity index (χ3n) is 4.53. The van der Waals surface area contributed by atoms with Gasteiger partial charge in [0.1, 0.15) is 0 Å². The first-order valence-electron chi connectivity index (χ1n) is 8.29. The Bertz CT molecular complexity index is 715. The van der Waals surface area contributed by atoms with Crippen LogP contribution in [0.4, 0.5) is 0 Å². The Kier molecular flexibility index (Phi) is 4.35. The Morgan fingerprint density at radius 3 is 2.70 bits per heavy atom. The maximum atomic E-state index is 12.6. The zero-order valence-electron chi connectivity index (χ0n) is 13.9. The van der Waals surface area contributed by atoms with Gasteiger partial charge in [0.05, 0.1) is 23.6 Å². The van der Waals surface area contributed by atoms with Crippen LogP contribution in [0.2, 0.25) is 0 Å². The van der Waals surface area contributed by atoms with E-state index in [0.717, 1.165) is 36.7 Å². The molecule has 2 N–H and O–H groups in total. The fraction of sp³-hybridized carbons (Fsp3) is 0.588. The smallest absolute Gasteiger partial charge is 0.253 e. The molecule has 2 aromatic heterocycles. The molecule has 0 radical (unpaired) electrons. The highest BCUT2D eigenvalue weighted by Crippen LogP contribution is 2.21. The van der Waals surface area contributed by atoms with Gasteiger partial charge in [0.25, 0.3) is 5.91 Å². The zero-order valence-corrected chi connectivity index (χ0v) is 13.9. The minimum Gasteiger partial charge on any atom is -0.393 e. The zero-order chi connectivity index (χ0) is 16.6. The van der Waals surface area contributed by atoms with Gasteiger partial charge in [-0.15, -0.1) is 0 Å². The number of fused-ring (bicyclic) bond motifs is 1. The van der Waals surface area contributed by atoms with Crippen LogP contribution in [0.3, 0.4) is 0 Å². The van der Waals surface area contributed by atoms with Crippen molar-refractivity contribution < 1.29 is 9.90 Å². The molecule has 0 saturated heterocycles. The largest absolute Gasteiger partial charge is 0.393 e. The summed E-state index contributed by atoms with van der Waals surface area (Å²) in [5.41, 5.74) is 2.13. The summed E-state index contributed by atoms with van der Waals surface area (Å²) >= 11 is 0. The third-order valence-corrected chi connectivity index (χ3v) is 4.53. The lowest BCUT2D eigenvalue weighted by atomic mass is 9.93. The summed E-state index contributed by atoms with van der Waals surface area (Å²) in [5, 5.41) is 17.9. The minimum atomic E-state index is -0.218. The number of hydrogen-bond acceptors (Lipinski definition) is 4. The predicted octanol–water partition coefficient (Wildman–Crippen LogP) is 2.35. The third kappa shape index (κ3) is 3.22. The highest BCUT2D eigenvalue weighted by atomic mass is 16.3. The van der Waals surface area contributed by atoms with E-state index in [2.05, 4.69) is 29.2 Å². The molecule has 1 aliphatic rings. The summed E-state index contributed by atoms with van der Waals surface area (Å²) in [5.74, 6) is -0.0874. The molecule has 1 amide bonds. The molecule has 0 unspecified atom stereocenters. The SMILES string of the molecule is Cc1nc2c(cnn2C(C)C)cc1C(=O)NC1CCC(O)CC1. The van der Waals surface area contributed by atoms with E-state index in [1.54, 1.807) is 6.20 Å². The average Bonchev–Trinajstić information content (AvgIpc) is 2.91. The number of nitrogens with one attached hydrogen (secondary N) is 1. The van der Waals surface area contributed by atoms with E-state index in [0.29, 0.717) is 11.3 Å². The molecular formula is C17H24N4O2. The van der Waals surface area contributed by atoms with Crippen molar-refractivity contribution in [3.8, 4) is 0 Å². The average molecular weight is 316 g/mol. The highest BCUT2D eigenvalue weighted by Gasteiger charge is 2.22. The highest BCUT2D eigenvalue weighted by molar-refractivity contribution is 5.98. The first-order chi connectivity index (χ1) is 11.0. The fourth-order valence-corrected chi connectivity index (χ4v) is 3.16. The first kappa shape index (κ1) is 15.9. The Labute approximate surface area is 135 Å². The van der Waals surface area contributed by atoms with Crippen molar-refractivity contribution >= 4 is 16.9 Å². The number of aliphatic hydroxyl groups excluding tert-OH is 1. The maximum Gasteiger partial charge on any atom is 0.253 e. The van der Waals surface area contributed by atoms with Gasteiger partial charge in [-0.2, -0.15) is 5.10 Å². The molecule has 1 aliphatic carbocycles. The molecule has 23 heavy (non-hydrogen) atoms. The van der Waals surface area contributed by atoms with E-state index in [4.69, 9.17) is 0 Å². The molecule has 124 valence electrons. The number of rotatable bonds is 3. The van der Waals surface area contributed by atoms with Gasteiger partial charge < -0.3 is 10.4 Å². The van der Waals surface area contributed by atoms with Crippen molar-refractivity contribution in [1.29, 1.82) is 0 Å². The van der Waals surface area contributed by atoms with Gasteiger partial charge in [-0.25, -0.2) is 9.67 Å². The van der Waals surface area contributed by atoms with Gasteiger partial charge in [0, 0.05) is 17.5 Å². The van der Waals surface area contributed by atoms with Crippen molar-refractivity contribution in [2.75, 3.05) is 0 Å². The minimum absolute atomic E-state index is 0.0874. The molecule has 6 heteroatoms. The van der Waals surface area contributed by atoms with Crippen molar-refractivity contribution in [1.82, 2.24) is 20.1 Å². The summed E-state index contributed by atoms with van der Waals surface area (Å²) in [7, 11) is 0. The molecular weight excluding hydrogens is 292 g/mol. The van der Waals surface area contributed by atoms with Crippen molar-refractivity contribution in [2.24, 2.45) is 0 Å². The summed E-state index contributed by atoms with van der Waals surface area (Å²) < 4.78 is 1.87. The molecule has 0 aromatic carbocycles.